The maximum atomic E-state index is 6.21. The van der Waals surface area contributed by atoms with E-state index in [2.05, 4.69) is 29.0 Å². The molecule has 0 aromatic heterocycles. The first-order chi connectivity index (χ1) is 13.2. The first-order valence-electron chi connectivity index (χ1n) is 10.8. The van der Waals surface area contributed by atoms with E-state index in [1.807, 2.05) is 0 Å². The fraction of sp³-hybridized carbons (Fsp3) is 0.696. The van der Waals surface area contributed by atoms with Gasteiger partial charge in [-0.05, 0) is 54.9 Å². The zero-order chi connectivity index (χ0) is 18.3. The minimum absolute atomic E-state index is 0.375. The van der Waals surface area contributed by atoms with Gasteiger partial charge < -0.3 is 14.2 Å². The molecule has 0 radical (unpaired) electrons. The van der Waals surface area contributed by atoms with Crippen LogP contribution in [-0.2, 0) is 15.9 Å². The minimum Gasteiger partial charge on any atom is -0.497 e. The van der Waals surface area contributed by atoms with Gasteiger partial charge in [-0.2, -0.15) is 0 Å². The summed E-state index contributed by atoms with van der Waals surface area (Å²) in [7, 11) is 1.77. The van der Waals surface area contributed by atoms with Crippen molar-refractivity contribution in [3.05, 3.63) is 29.3 Å². The second-order valence-electron chi connectivity index (χ2n) is 8.95. The number of methoxy groups -OCH3 is 1. The molecule has 4 heteroatoms. The van der Waals surface area contributed by atoms with Crippen LogP contribution in [0, 0.1) is 11.8 Å². The Bertz CT molecular complexity index is 718. The first-order valence-corrected chi connectivity index (χ1v) is 10.8. The van der Waals surface area contributed by atoms with Crippen LogP contribution < -0.4 is 4.74 Å². The average molecular weight is 371 g/mol. The molecule has 1 aromatic rings. The maximum absolute atomic E-state index is 6.21. The lowest BCUT2D eigenvalue weighted by Gasteiger charge is -2.32. The van der Waals surface area contributed by atoms with Crippen molar-refractivity contribution in [1.82, 2.24) is 0 Å². The summed E-state index contributed by atoms with van der Waals surface area (Å²) in [5.74, 6) is 2.53. The second kappa shape index (κ2) is 7.21. The molecule has 0 amide bonds. The van der Waals surface area contributed by atoms with Crippen LogP contribution in [0.3, 0.4) is 0 Å². The topological polar surface area (TPSA) is 30.7 Å². The highest BCUT2D eigenvalue weighted by atomic mass is 16.7. The number of fused-ring (bicyclic) bond motifs is 1. The molecule has 2 heterocycles. The predicted molar refractivity (Wildman–Crippen MR) is 105 cm³/mol. The van der Waals surface area contributed by atoms with Gasteiger partial charge in [0.2, 0.25) is 0 Å². The number of rotatable bonds is 3. The zero-order valence-corrected chi connectivity index (χ0v) is 16.5. The zero-order valence-electron chi connectivity index (χ0n) is 16.5. The first kappa shape index (κ1) is 17.7. The Labute approximate surface area is 162 Å². The van der Waals surface area contributed by atoms with Crippen LogP contribution in [0.1, 0.15) is 55.6 Å². The van der Waals surface area contributed by atoms with Crippen LogP contribution in [-0.4, -0.2) is 50.0 Å². The molecule has 1 saturated heterocycles. The molecule has 1 spiro atoms. The predicted octanol–water partition coefficient (Wildman–Crippen LogP) is 3.76. The fourth-order valence-corrected chi connectivity index (χ4v) is 5.27. The number of benzene rings is 1. The summed E-state index contributed by atoms with van der Waals surface area (Å²) >= 11 is 0. The van der Waals surface area contributed by atoms with Gasteiger partial charge >= 0.3 is 0 Å². The van der Waals surface area contributed by atoms with Crippen LogP contribution >= 0.6 is 0 Å². The standard InChI is InChI=1S/C23H32NO3/c1-25-21-5-4-19-12-18-6-8-23(26-10-11-27-23)14-20(22(19)13-21)7-9-24(16-18)15-17-2-3-17/h4-5,13,16-18,20H,2-3,6-12,14-15H2,1H3/q+1/t18-,20+/m0/s1. The molecule has 2 bridgehead atoms. The monoisotopic (exact) mass is 370 g/mol. The molecule has 4 aliphatic rings. The smallest absolute Gasteiger partial charge is 0.169 e. The van der Waals surface area contributed by atoms with Gasteiger partial charge in [-0.3, -0.25) is 0 Å². The van der Waals surface area contributed by atoms with Crippen LogP contribution in [0.2, 0.25) is 0 Å². The van der Waals surface area contributed by atoms with E-state index < -0.39 is 0 Å². The molecule has 2 aliphatic heterocycles. The largest absolute Gasteiger partial charge is 0.497 e. The lowest BCUT2D eigenvalue weighted by Crippen LogP contribution is -2.35. The van der Waals surface area contributed by atoms with Crippen LogP contribution in [0.25, 0.3) is 0 Å². The Morgan fingerprint density at radius 3 is 2.78 bits per heavy atom. The molecule has 146 valence electrons. The Morgan fingerprint density at radius 2 is 2.00 bits per heavy atom. The maximum Gasteiger partial charge on any atom is 0.169 e. The number of ether oxygens (including phenoxy) is 3. The summed E-state index contributed by atoms with van der Waals surface area (Å²) < 4.78 is 20.6. The number of hydrogen-bond acceptors (Lipinski definition) is 3. The quantitative estimate of drug-likeness (QED) is 0.759. The van der Waals surface area contributed by atoms with Crippen molar-refractivity contribution in [3.8, 4) is 5.75 Å². The third kappa shape index (κ3) is 3.79. The van der Waals surface area contributed by atoms with E-state index in [1.54, 1.807) is 7.11 Å². The lowest BCUT2D eigenvalue weighted by molar-refractivity contribution is -0.530. The molecule has 1 aromatic carbocycles. The van der Waals surface area contributed by atoms with E-state index in [0.717, 1.165) is 63.5 Å². The SMILES string of the molecule is COc1ccc2c(c1)[C@@H]1CC[N+](CC3CC3)=C[C@@H](CCC3(C1)OCCO3)C2. The summed E-state index contributed by atoms with van der Waals surface area (Å²) in [6, 6.07) is 6.71. The summed E-state index contributed by atoms with van der Waals surface area (Å²) in [6.45, 7) is 3.87. The molecule has 2 aliphatic carbocycles. The van der Waals surface area contributed by atoms with Crippen molar-refractivity contribution < 1.29 is 18.8 Å². The van der Waals surface area contributed by atoms with Gasteiger partial charge in [0.25, 0.3) is 0 Å². The van der Waals surface area contributed by atoms with Gasteiger partial charge in [0, 0.05) is 31.1 Å². The van der Waals surface area contributed by atoms with Crippen LogP contribution in [0.15, 0.2) is 18.2 Å². The van der Waals surface area contributed by atoms with E-state index in [9.17, 15) is 0 Å². The van der Waals surface area contributed by atoms with Gasteiger partial charge in [0.05, 0.1) is 20.3 Å². The van der Waals surface area contributed by atoms with E-state index in [0.29, 0.717) is 11.8 Å². The van der Waals surface area contributed by atoms with Gasteiger partial charge in [-0.25, -0.2) is 4.58 Å². The van der Waals surface area contributed by atoms with Gasteiger partial charge in [-0.1, -0.05) is 6.07 Å². The van der Waals surface area contributed by atoms with Crippen molar-refractivity contribution in [2.24, 2.45) is 11.8 Å². The molecule has 5 rings (SSSR count). The number of nitrogens with zero attached hydrogens (tertiary/aromatic N) is 1. The third-order valence-electron chi connectivity index (χ3n) is 6.92. The molecule has 2 fully saturated rings. The highest BCUT2D eigenvalue weighted by molar-refractivity contribution is 5.57. The van der Waals surface area contributed by atoms with E-state index in [-0.39, 0.29) is 5.79 Å². The Hall–Kier alpha value is -1.39. The Morgan fingerprint density at radius 1 is 1.15 bits per heavy atom. The average Bonchev–Trinajstić information content (AvgIpc) is 3.36. The third-order valence-corrected chi connectivity index (χ3v) is 6.92. The van der Waals surface area contributed by atoms with Crippen molar-refractivity contribution in [3.63, 3.8) is 0 Å². The highest BCUT2D eigenvalue weighted by Gasteiger charge is 2.42. The normalized spacial score (nSPS) is 29.9. The van der Waals surface area contributed by atoms with E-state index in [1.165, 1.54) is 30.5 Å². The molecule has 1 saturated carbocycles. The Kier molecular flexibility index (Phi) is 4.73. The number of hydrogen-bond donors (Lipinski definition) is 0. The molecular formula is C23H32NO3+. The molecule has 27 heavy (non-hydrogen) atoms. The van der Waals surface area contributed by atoms with Gasteiger partial charge in [-0.15, -0.1) is 0 Å². The fourth-order valence-electron chi connectivity index (χ4n) is 5.27. The van der Waals surface area contributed by atoms with Gasteiger partial charge in [0.15, 0.2) is 5.79 Å². The Balaban J connectivity index is 1.54. The summed E-state index contributed by atoms with van der Waals surface area (Å²) in [6.07, 6.45) is 10.8. The second-order valence-corrected chi connectivity index (χ2v) is 8.95. The van der Waals surface area contributed by atoms with Crippen molar-refractivity contribution in [2.75, 3.05) is 33.4 Å². The van der Waals surface area contributed by atoms with E-state index >= 15 is 0 Å². The molecule has 0 unspecified atom stereocenters. The van der Waals surface area contributed by atoms with Crippen LogP contribution in [0.4, 0.5) is 0 Å². The minimum atomic E-state index is -0.375. The van der Waals surface area contributed by atoms with Crippen molar-refractivity contribution in [2.45, 2.75) is 56.7 Å². The summed E-state index contributed by atoms with van der Waals surface area (Å²) in [4.78, 5) is 0. The summed E-state index contributed by atoms with van der Waals surface area (Å²) in [5.41, 5.74) is 2.95. The van der Waals surface area contributed by atoms with E-state index in [4.69, 9.17) is 14.2 Å². The van der Waals surface area contributed by atoms with Crippen LogP contribution in [0.5, 0.6) is 5.75 Å². The van der Waals surface area contributed by atoms with Crippen molar-refractivity contribution >= 4 is 6.21 Å². The molecular weight excluding hydrogens is 338 g/mol. The van der Waals surface area contributed by atoms with Gasteiger partial charge in [0.1, 0.15) is 25.1 Å². The van der Waals surface area contributed by atoms with Crippen molar-refractivity contribution in [1.29, 1.82) is 0 Å². The molecule has 2 atom stereocenters. The molecule has 4 nitrogen and oxygen atoms in total. The lowest BCUT2D eigenvalue weighted by atomic mass is 9.85. The molecule has 0 N–H and O–H groups in total. The highest BCUT2D eigenvalue weighted by Crippen LogP contribution is 2.43. The summed E-state index contributed by atoms with van der Waals surface area (Å²) in [5, 5.41) is 0.